The third-order valence-electron chi connectivity index (χ3n) is 11.6. The summed E-state index contributed by atoms with van der Waals surface area (Å²) in [6.45, 7) is 12.5. The zero-order valence-corrected chi connectivity index (χ0v) is 28.7. The smallest absolute Gasteiger partial charge is 0.269 e. The van der Waals surface area contributed by atoms with Gasteiger partial charge >= 0.3 is 0 Å². The molecule has 0 saturated carbocycles. The van der Waals surface area contributed by atoms with Gasteiger partial charge in [-0.2, -0.15) is 13.0 Å². The van der Waals surface area contributed by atoms with E-state index in [1.54, 1.807) is 0 Å². The van der Waals surface area contributed by atoms with E-state index in [0.717, 1.165) is 37.9 Å². The largest absolute Gasteiger partial charge is 0.365 e. The Bertz CT molecular complexity index is 1970. The second-order valence-corrected chi connectivity index (χ2v) is 17.1. The maximum Gasteiger partial charge on any atom is 0.269 e. The molecule has 246 valence electrons. The Morgan fingerprint density at radius 1 is 1.06 bits per heavy atom. The second kappa shape index (κ2) is 10.5. The van der Waals surface area contributed by atoms with E-state index in [0.29, 0.717) is 5.92 Å². The molecule has 5 heterocycles. The van der Waals surface area contributed by atoms with Gasteiger partial charge in [-0.1, -0.05) is 44.2 Å². The average Bonchev–Trinajstić information content (AvgIpc) is 3.40. The summed E-state index contributed by atoms with van der Waals surface area (Å²) < 4.78 is 41.4. The van der Waals surface area contributed by atoms with E-state index >= 15 is 0 Å². The summed E-state index contributed by atoms with van der Waals surface area (Å²) in [4.78, 5) is 15.3. The van der Waals surface area contributed by atoms with Gasteiger partial charge in [-0.25, -0.2) is 0 Å². The number of anilines is 1. The Morgan fingerprint density at radius 3 is 2.64 bits per heavy atom. The number of para-hydroxylation sites is 1. The van der Waals surface area contributed by atoms with Crippen LogP contribution in [-0.4, -0.2) is 66.3 Å². The van der Waals surface area contributed by atoms with Crippen molar-refractivity contribution in [2.75, 3.05) is 24.5 Å². The molecule has 0 bridgehead atoms. The van der Waals surface area contributed by atoms with Crippen molar-refractivity contribution in [3.8, 4) is 0 Å². The first-order chi connectivity index (χ1) is 22.2. The molecule has 0 spiro atoms. The minimum Gasteiger partial charge on any atom is -0.365 e. The van der Waals surface area contributed by atoms with Gasteiger partial charge in [0.2, 0.25) is 11.6 Å². The van der Waals surface area contributed by atoms with E-state index in [4.69, 9.17) is 4.74 Å². The molecule has 1 amide bonds. The lowest BCUT2D eigenvalue weighted by Gasteiger charge is -2.44. The number of allylic oxidation sites excluding steroid dienone is 3. The molecular weight excluding hydrogens is 611 g/mol. The monoisotopic (exact) mass is 654 g/mol. The van der Waals surface area contributed by atoms with Crippen molar-refractivity contribution >= 4 is 33.1 Å². The SMILES string of the molecule is CC(CNC(=O)Cc1ccc2c(c1)C(C)(C)C1=[N+]2CCC2OC3CC4CCN5C(=C4C=C3C=C12)C(C)(C)c1ccccc15)S(=O)(=O)O. The van der Waals surface area contributed by atoms with Crippen molar-refractivity contribution in [2.45, 2.75) is 88.6 Å². The van der Waals surface area contributed by atoms with Gasteiger partial charge in [0, 0.05) is 53.5 Å². The average molecular weight is 655 g/mol. The lowest BCUT2D eigenvalue weighted by Crippen LogP contribution is -2.46. The van der Waals surface area contributed by atoms with Gasteiger partial charge in [0.1, 0.15) is 5.25 Å². The van der Waals surface area contributed by atoms with Crippen molar-refractivity contribution in [1.29, 1.82) is 0 Å². The molecule has 1 aliphatic carbocycles. The molecule has 4 unspecified atom stereocenters. The van der Waals surface area contributed by atoms with Crippen LogP contribution in [0.15, 0.2) is 77.0 Å². The van der Waals surface area contributed by atoms with Crippen molar-refractivity contribution in [3.05, 3.63) is 93.7 Å². The highest BCUT2D eigenvalue weighted by Crippen LogP contribution is 2.55. The number of amides is 1. The molecule has 0 aromatic heterocycles. The molecule has 2 N–H and O–H groups in total. The molecule has 9 heteroatoms. The Hall–Kier alpha value is -3.53. The third kappa shape index (κ3) is 4.71. The van der Waals surface area contributed by atoms with Gasteiger partial charge in [0.05, 0.1) is 24.0 Å². The van der Waals surface area contributed by atoms with Crippen LogP contribution in [0.4, 0.5) is 11.4 Å². The van der Waals surface area contributed by atoms with Gasteiger partial charge in [0.15, 0.2) is 12.3 Å². The standard InChI is InChI=1S/C38H43N3O5S/c1-22(47(43,44)45)21-39-34(42)17-23-10-11-31-29(16-23)38(4,5)36-27-19-25-18-26-24(20-33(25)46-32(27)13-15-41(31)36)12-14-40-30-9-7-6-8-28(30)37(2,3)35(26)40/h6-11,16,18-19,22,24,32-33H,12-15,17,20-21H2,1-5H3,(H-,39,42,43,44,45)/p+1. The lowest BCUT2D eigenvalue weighted by molar-refractivity contribution is -0.445. The molecule has 2 aromatic carbocycles. The molecule has 0 radical (unpaired) electrons. The van der Waals surface area contributed by atoms with Gasteiger partial charge in [-0.15, -0.1) is 0 Å². The zero-order chi connectivity index (χ0) is 33.0. The summed E-state index contributed by atoms with van der Waals surface area (Å²) in [7, 11) is -4.20. The molecule has 6 aliphatic rings. The van der Waals surface area contributed by atoms with Crippen LogP contribution in [0.1, 0.15) is 70.6 Å². The predicted molar refractivity (Wildman–Crippen MR) is 183 cm³/mol. The topological polar surface area (TPSA) is 99.0 Å². The Labute approximate surface area is 277 Å². The number of benzene rings is 2. The van der Waals surface area contributed by atoms with Gasteiger partial charge in [0.25, 0.3) is 10.1 Å². The van der Waals surface area contributed by atoms with E-state index in [2.05, 4.69) is 91.0 Å². The van der Waals surface area contributed by atoms with Crippen LogP contribution in [0, 0.1) is 5.92 Å². The van der Waals surface area contributed by atoms with Crippen molar-refractivity contribution < 1.29 is 27.1 Å². The molecule has 8 nitrogen and oxygen atoms in total. The fourth-order valence-electron chi connectivity index (χ4n) is 9.18. The van der Waals surface area contributed by atoms with Crippen molar-refractivity contribution in [1.82, 2.24) is 5.32 Å². The first-order valence-electron chi connectivity index (χ1n) is 17.0. The summed E-state index contributed by atoms with van der Waals surface area (Å²) in [5.41, 5.74) is 12.4. The number of hydrogen-bond donors (Lipinski definition) is 2. The first-order valence-corrected chi connectivity index (χ1v) is 18.5. The van der Waals surface area contributed by atoms with Crippen LogP contribution < -0.4 is 10.2 Å². The summed E-state index contributed by atoms with van der Waals surface area (Å²) in [6, 6.07) is 15.1. The van der Waals surface area contributed by atoms with Crippen LogP contribution in [0.25, 0.3) is 0 Å². The van der Waals surface area contributed by atoms with E-state index < -0.39 is 15.4 Å². The molecule has 4 atom stereocenters. The van der Waals surface area contributed by atoms with Crippen LogP contribution in [0.5, 0.6) is 0 Å². The normalized spacial score (nSPS) is 26.9. The lowest BCUT2D eigenvalue weighted by atomic mass is 9.71. The number of carbonyl (C=O) groups is 1. The minimum absolute atomic E-state index is 0.0471. The summed E-state index contributed by atoms with van der Waals surface area (Å²) in [6.07, 6.45) is 8.32. The molecule has 2 aromatic rings. The quantitative estimate of drug-likeness (QED) is 0.327. The van der Waals surface area contributed by atoms with E-state index in [9.17, 15) is 17.8 Å². The van der Waals surface area contributed by atoms with Gasteiger partial charge in [-0.3, -0.25) is 9.35 Å². The van der Waals surface area contributed by atoms with E-state index in [1.165, 1.54) is 57.6 Å². The fourth-order valence-corrected chi connectivity index (χ4v) is 9.48. The molecule has 8 rings (SSSR count). The van der Waals surface area contributed by atoms with Gasteiger partial charge in [-0.05, 0) is 80.0 Å². The first kappa shape index (κ1) is 30.8. The van der Waals surface area contributed by atoms with Crippen LogP contribution in [0.3, 0.4) is 0 Å². The molecular formula is C38H44N3O5S+. The maximum absolute atomic E-state index is 12.7. The molecule has 47 heavy (non-hydrogen) atoms. The van der Waals surface area contributed by atoms with Crippen molar-refractivity contribution in [3.63, 3.8) is 0 Å². The third-order valence-corrected chi connectivity index (χ3v) is 12.8. The summed E-state index contributed by atoms with van der Waals surface area (Å²) in [5, 5.41) is 1.59. The summed E-state index contributed by atoms with van der Waals surface area (Å²) in [5.74, 6) is 0.231. The highest BCUT2D eigenvalue weighted by atomic mass is 32.2. The summed E-state index contributed by atoms with van der Waals surface area (Å²) >= 11 is 0. The van der Waals surface area contributed by atoms with Crippen LogP contribution in [0.2, 0.25) is 0 Å². The van der Waals surface area contributed by atoms with Crippen LogP contribution in [-0.2, 0) is 36.9 Å². The molecule has 0 fully saturated rings. The maximum atomic E-state index is 12.7. The number of fused-ring (bicyclic) bond motifs is 9. The fraction of sp³-hybridized carbons (Fsp3) is 0.474. The Morgan fingerprint density at radius 2 is 1.85 bits per heavy atom. The number of nitrogens with one attached hydrogen (secondary N) is 1. The highest BCUT2D eigenvalue weighted by molar-refractivity contribution is 7.86. The molecule has 0 saturated heterocycles. The van der Waals surface area contributed by atoms with E-state index in [1.807, 2.05) is 6.07 Å². The van der Waals surface area contributed by atoms with E-state index in [-0.39, 0.29) is 41.9 Å². The number of nitrogens with zero attached hydrogens (tertiary/aromatic N) is 2. The predicted octanol–water partition coefficient (Wildman–Crippen LogP) is 5.50. The molecule has 5 aliphatic heterocycles. The number of hydrogen-bond acceptors (Lipinski definition) is 5. The number of carbonyl (C=O) groups excluding carboxylic acids is 1. The second-order valence-electron chi connectivity index (χ2n) is 15.2. The van der Waals surface area contributed by atoms with Gasteiger partial charge < -0.3 is 15.0 Å². The van der Waals surface area contributed by atoms with Crippen LogP contribution >= 0.6 is 0 Å². The number of ether oxygens (including phenoxy) is 1. The van der Waals surface area contributed by atoms with Crippen molar-refractivity contribution in [2.24, 2.45) is 5.92 Å². The number of rotatable bonds is 5. The zero-order valence-electron chi connectivity index (χ0n) is 27.8. The highest BCUT2D eigenvalue weighted by Gasteiger charge is 2.53. The minimum atomic E-state index is -4.20. The Balaban J connectivity index is 1.12. The Kier molecular flexibility index (Phi) is 6.87.